The monoisotopic (exact) mass is 325 g/mol. The van der Waals surface area contributed by atoms with Gasteiger partial charge in [0, 0.05) is 12.5 Å². The van der Waals surface area contributed by atoms with Crippen LogP contribution in [0.3, 0.4) is 0 Å². The number of nitrogens with one attached hydrogen (secondary N) is 1. The van der Waals surface area contributed by atoms with Crippen LogP contribution in [0.1, 0.15) is 19.3 Å². The second-order valence-electron chi connectivity index (χ2n) is 5.61. The van der Waals surface area contributed by atoms with Crippen molar-refractivity contribution < 1.29 is 14.3 Å². The zero-order valence-electron chi connectivity index (χ0n) is 11.9. The van der Waals surface area contributed by atoms with Gasteiger partial charge in [0.2, 0.25) is 0 Å². The molecule has 5 nitrogen and oxygen atoms in total. The molecule has 118 valence electrons. The molecule has 22 heavy (non-hydrogen) atoms. The number of hydrogen-bond acceptors (Lipinski definition) is 4. The molecule has 1 aromatic heterocycles. The standard InChI is InChI=1S/C15H17ClFN3O2/c16-14-10(17)3-4-12-15(14)19-8-20(12)7-9(21)6-11-13(22)2-1-5-18-11/h3-4,8,11,13,18,22H,1-2,5-7H2/t11-,13+/m1/s1. The smallest absolute Gasteiger partial charge is 0.154 e. The number of aliphatic hydroxyl groups is 1. The van der Waals surface area contributed by atoms with Gasteiger partial charge in [0.25, 0.3) is 0 Å². The average molecular weight is 326 g/mol. The van der Waals surface area contributed by atoms with E-state index in [4.69, 9.17) is 11.6 Å². The molecule has 0 bridgehead atoms. The number of nitrogens with zero attached hydrogens (tertiary/aromatic N) is 2. The summed E-state index contributed by atoms with van der Waals surface area (Å²) in [5, 5.41) is 13.0. The summed E-state index contributed by atoms with van der Waals surface area (Å²) in [5.74, 6) is -0.543. The molecule has 7 heteroatoms. The van der Waals surface area contributed by atoms with Crippen LogP contribution in [0.15, 0.2) is 18.5 Å². The lowest BCUT2D eigenvalue weighted by Gasteiger charge is -2.28. The number of piperidine rings is 1. The maximum atomic E-state index is 13.4. The molecule has 2 heterocycles. The minimum absolute atomic E-state index is 0.0156. The molecule has 3 rings (SSSR count). The van der Waals surface area contributed by atoms with Crippen molar-refractivity contribution in [1.29, 1.82) is 0 Å². The number of benzene rings is 1. The molecule has 1 aliphatic heterocycles. The summed E-state index contributed by atoms with van der Waals surface area (Å²) < 4.78 is 15.0. The largest absolute Gasteiger partial charge is 0.391 e. The van der Waals surface area contributed by atoms with E-state index in [0.717, 1.165) is 13.0 Å². The molecule has 0 aliphatic carbocycles. The summed E-state index contributed by atoms with van der Waals surface area (Å²) in [6, 6.07) is 2.63. The number of carbonyl (C=O) groups is 1. The van der Waals surface area contributed by atoms with Crippen molar-refractivity contribution >= 4 is 28.4 Å². The van der Waals surface area contributed by atoms with Gasteiger partial charge in [-0.1, -0.05) is 11.6 Å². The van der Waals surface area contributed by atoms with Gasteiger partial charge in [-0.15, -0.1) is 0 Å². The molecular weight excluding hydrogens is 309 g/mol. The molecule has 2 atom stereocenters. The molecule has 0 spiro atoms. The third kappa shape index (κ3) is 2.99. The van der Waals surface area contributed by atoms with Gasteiger partial charge in [-0.05, 0) is 31.5 Å². The van der Waals surface area contributed by atoms with E-state index in [9.17, 15) is 14.3 Å². The predicted molar refractivity (Wildman–Crippen MR) is 81.4 cm³/mol. The number of hydrogen-bond donors (Lipinski definition) is 2. The number of carbonyl (C=O) groups excluding carboxylic acids is 1. The van der Waals surface area contributed by atoms with Crippen LogP contribution < -0.4 is 5.32 Å². The summed E-state index contributed by atoms with van der Waals surface area (Å²) in [5.41, 5.74) is 0.974. The summed E-state index contributed by atoms with van der Waals surface area (Å²) in [7, 11) is 0. The first-order chi connectivity index (χ1) is 10.6. The molecule has 1 fully saturated rings. The summed E-state index contributed by atoms with van der Waals surface area (Å²) >= 11 is 5.87. The lowest BCUT2D eigenvalue weighted by Crippen LogP contribution is -2.46. The second kappa shape index (κ2) is 6.32. The molecule has 0 saturated carbocycles. The summed E-state index contributed by atoms with van der Waals surface area (Å²) in [4.78, 5) is 16.3. The molecule has 1 saturated heterocycles. The Bertz CT molecular complexity index is 703. The number of aliphatic hydroxyl groups excluding tert-OH is 1. The number of halogens is 2. The van der Waals surface area contributed by atoms with Gasteiger partial charge in [-0.2, -0.15) is 0 Å². The Kier molecular flexibility index (Phi) is 4.42. The Morgan fingerprint density at radius 3 is 3.14 bits per heavy atom. The van der Waals surface area contributed by atoms with E-state index in [1.807, 2.05) is 0 Å². The number of rotatable bonds is 4. The van der Waals surface area contributed by atoms with Crippen molar-refractivity contribution in [3.05, 3.63) is 29.3 Å². The number of imidazole rings is 1. The minimum atomic E-state index is -0.528. The predicted octanol–water partition coefficient (Wildman–Crippen LogP) is 1.90. The molecule has 0 unspecified atom stereocenters. The van der Waals surface area contributed by atoms with Crippen molar-refractivity contribution in [3.63, 3.8) is 0 Å². The van der Waals surface area contributed by atoms with Gasteiger partial charge in [0.1, 0.15) is 16.4 Å². The fraction of sp³-hybridized carbons (Fsp3) is 0.467. The quantitative estimate of drug-likeness (QED) is 0.901. The third-order valence-electron chi connectivity index (χ3n) is 4.03. The highest BCUT2D eigenvalue weighted by Gasteiger charge is 2.25. The van der Waals surface area contributed by atoms with E-state index >= 15 is 0 Å². The van der Waals surface area contributed by atoms with Crippen molar-refractivity contribution in [3.8, 4) is 0 Å². The van der Waals surface area contributed by atoms with E-state index in [1.165, 1.54) is 12.4 Å². The maximum Gasteiger partial charge on any atom is 0.154 e. The van der Waals surface area contributed by atoms with Gasteiger partial charge < -0.3 is 15.0 Å². The van der Waals surface area contributed by atoms with Crippen molar-refractivity contribution in [2.45, 2.75) is 38.0 Å². The van der Waals surface area contributed by atoms with Gasteiger partial charge >= 0.3 is 0 Å². The van der Waals surface area contributed by atoms with Crippen molar-refractivity contribution in [2.75, 3.05) is 6.54 Å². The fourth-order valence-electron chi connectivity index (χ4n) is 2.84. The molecule has 1 aliphatic rings. The van der Waals surface area contributed by atoms with Crippen LogP contribution in [-0.4, -0.2) is 39.1 Å². The van der Waals surface area contributed by atoms with E-state index in [0.29, 0.717) is 17.5 Å². The number of ketones is 1. The molecule has 0 amide bonds. The first-order valence-corrected chi connectivity index (χ1v) is 7.66. The SMILES string of the molecule is O=C(C[C@H]1NCCC[C@@H]1O)Cn1cnc2c(Cl)c(F)ccc21. The topological polar surface area (TPSA) is 67.2 Å². The normalized spacial score (nSPS) is 22.1. The average Bonchev–Trinajstić information content (AvgIpc) is 2.89. The van der Waals surface area contributed by atoms with Gasteiger partial charge in [-0.25, -0.2) is 9.37 Å². The van der Waals surface area contributed by atoms with Crippen LogP contribution in [0.4, 0.5) is 4.39 Å². The molecule has 0 radical (unpaired) electrons. The van der Waals surface area contributed by atoms with E-state index in [1.54, 1.807) is 10.6 Å². The van der Waals surface area contributed by atoms with E-state index < -0.39 is 11.9 Å². The molecule has 2 N–H and O–H groups in total. The Morgan fingerprint density at radius 2 is 2.36 bits per heavy atom. The van der Waals surface area contributed by atoms with Gasteiger partial charge in [0.05, 0.1) is 24.5 Å². The fourth-order valence-corrected chi connectivity index (χ4v) is 3.05. The minimum Gasteiger partial charge on any atom is -0.391 e. The third-order valence-corrected chi connectivity index (χ3v) is 4.38. The molecule has 1 aromatic carbocycles. The second-order valence-corrected chi connectivity index (χ2v) is 5.99. The highest BCUT2D eigenvalue weighted by atomic mass is 35.5. The first-order valence-electron chi connectivity index (χ1n) is 7.28. The van der Waals surface area contributed by atoms with Crippen LogP contribution in [0.25, 0.3) is 11.0 Å². The highest BCUT2D eigenvalue weighted by molar-refractivity contribution is 6.35. The zero-order valence-corrected chi connectivity index (χ0v) is 12.7. The van der Waals surface area contributed by atoms with E-state index in [-0.39, 0.29) is 29.8 Å². The Hall–Kier alpha value is -1.50. The van der Waals surface area contributed by atoms with Gasteiger partial charge in [0.15, 0.2) is 5.78 Å². The van der Waals surface area contributed by atoms with E-state index in [2.05, 4.69) is 10.3 Å². The first kappa shape index (κ1) is 15.4. The Balaban J connectivity index is 1.73. The van der Waals surface area contributed by atoms with Crippen molar-refractivity contribution in [2.24, 2.45) is 0 Å². The number of aromatic nitrogens is 2. The van der Waals surface area contributed by atoms with Crippen LogP contribution >= 0.6 is 11.6 Å². The zero-order chi connectivity index (χ0) is 15.7. The molecule has 2 aromatic rings. The lowest BCUT2D eigenvalue weighted by atomic mass is 9.97. The van der Waals surface area contributed by atoms with Crippen LogP contribution in [0, 0.1) is 5.82 Å². The number of fused-ring (bicyclic) bond motifs is 1. The summed E-state index contributed by atoms with van der Waals surface area (Å²) in [6.45, 7) is 0.946. The Morgan fingerprint density at radius 1 is 1.55 bits per heavy atom. The van der Waals surface area contributed by atoms with Crippen molar-refractivity contribution in [1.82, 2.24) is 14.9 Å². The van der Waals surface area contributed by atoms with Crippen LogP contribution in [-0.2, 0) is 11.3 Å². The van der Waals surface area contributed by atoms with Gasteiger partial charge in [-0.3, -0.25) is 4.79 Å². The summed E-state index contributed by atoms with van der Waals surface area (Å²) in [6.07, 6.45) is 2.89. The lowest BCUT2D eigenvalue weighted by molar-refractivity contribution is -0.121. The maximum absolute atomic E-state index is 13.4. The Labute approximate surface area is 132 Å². The molecular formula is C15H17ClFN3O2. The number of Topliss-reactive ketones (excluding diaryl/α,β-unsaturated/α-hetero) is 1. The highest BCUT2D eigenvalue weighted by Crippen LogP contribution is 2.25. The van der Waals surface area contributed by atoms with Crippen LogP contribution in [0.2, 0.25) is 5.02 Å². The van der Waals surface area contributed by atoms with Crippen LogP contribution in [0.5, 0.6) is 0 Å².